The van der Waals surface area contributed by atoms with Crippen molar-refractivity contribution < 1.29 is 14.8 Å². The number of hydrogen-bond acceptors (Lipinski definition) is 4. The number of fused-ring (bicyclic) bond motifs is 1. The van der Waals surface area contributed by atoms with E-state index in [-0.39, 0.29) is 11.4 Å². The molecule has 0 aliphatic carbocycles. The number of halogens is 1. The zero-order chi connectivity index (χ0) is 16.7. The molecule has 118 valence electrons. The van der Waals surface area contributed by atoms with E-state index in [1.807, 2.05) is 12.1 Å². The summed E-state index contributed by atoms with van der Waals surface area (Å²) < 4.78 is 7.30. The van der Waals surface area contributed by atoms with E-state index in [1.54, 1.807) is 36.8 Å². The number of aromatic hydroxyl groups is 1. The first kappa shape index (κ1) is 15.4. The Kier molecular flexibility index (Phi) is 3.73. The molecule has 0 radical (unpaired) electrons. The molecule has 0 aliphatic heterocycles. The summed E-state index contributed by atoms with van der Waals surface area (Å²) in [6, 6.07) is 10.3. The van der Waals surface area contributed by atoms with Crippen molar-refractivity contribution in [2.75, 3.05) is 7.11 Å². The minimum Gasteiger partial charge on any atom is -0.507 e. The van der Waals surface area contributed by atoms with Crippen LogP contribution in [-0.4, -0.2) is 21.7 Å². The van der Waals surface area contributed by atoms with Gasteiger partial charge in [0.1, 0.15) is 11.5 Å². The second-order valence-corrected chi connectivity index (χ2v) is 5.90. The Morgan fingerprint density at radius 1 is 1.26 bits per heavy atom. The predicted molar refractivity (Wildman–Crippen MR) is 90.6 cm³/mol. The molecule has 0 saturated heterocycles. The van der Waals surface area contributed by atoms with E-state index in [1.165, 1.54) is 6.07 Å². The fourth-order valence-electron chi connectivity index (χ4n) is 2.70. The van der Waals surface area contributed by atoms with Crippen molar-refractivity contribution in [3.63, 3.8) is 0 Å². The van der Waals surface area contributed by atoms with Crippen LogP contribution in [0.1, 0.15) is 5.69 Å². The van der Waals surface area contributed by atoms with E-state index in [0.29, 0.717) is 26.8 Å². The SMILES string of the molecule is COc1ccc(-n2c(C)c([N+](=O)[O-])c3cc(Br)c(O)cc32)cc1. The number of aromatic nitrogens is 1. The van der Waals surface area contributed by atoms with Crippen LogP contribution in [0.4, 0.5) is 5.69 Å². The second-order valence-electron chi connectivity index (χ2n) is 5.05. The number of benzene rings is 2. The molecular weight excluding hydrogens is 364 g/mol. The topological polar surface area (TPSA) is 77.5 Å². The number of phenols is 1. The van der Waals surface area contributed by atoms with E-state index in [0.717, 1.165) is 5.69 Å². The second kappa shape index (κ2) is 5.58. The summed E-state index contributed by atoms with van der Waals surface area (Å²) in [7, 11) is 1.58. The van der Waals surface area contributed by atoms with Gasteiger partial charge in [0.15, 0.2) is 0 Å². The fourth-order valence-corrected chi connectivity index (χ4v) is 3.04. The predicted octanol–water partition coefficient (Wildman–Crippen LogP) is 4.32. The molecule has 1 N–H and O–H groups in total. The van der Waals surface area contributed by atoms with Gasteiger partial charge in [0.05, 0.1) is 33.1 Å². The third-order valence-corrected chi connectivity index (χ3v) is 4.39. The highest BCUT2D eigenvalue weighted by molar-refractivity contribution is 9.10. The van der Waals surface area contributed by atoms with Crippen molar-refractivity contribution in [3.05, 3.63) is 56.7 Å². The molecule has 0 atom stereocenters. The van der Waals surface area contributed by atoms with Crippen molar-refractivity contribution in [3.8, 4) is 17.2 Å². The van der Waals surface area contributed by atoms with Gasteiger partial charge in [-0.2, -0.15) is 0 Å². The number of nitro groups is 1. The van der Waals surface area contributed by atoms with Gasteiger partial charge in [-0.25, -0.2) is 0 Å². The van der Waals surface area contributed by atoms with Crippen LogP contribution in [0.25, 0.3) is 16.6 Å². The van der Waals surface area contributed by atoms with Crippen LogP contribution in [-0.2, 0) is 0 Å². The number of nitrogens with zero attached hydrogens (tertiary/aromatic N) is 2. The van der Waals surface area contributed by atoms with E-state index < -0.39 is 4.92 Å². The molecule has 3 aromatic rings. The molecule has 0 bridgehead atoms. The Morgan fingerprint density at radius 2 is 1.91 bits per heavy atom. The molecule has 3 rings (SSSR count). The lowest BCUT2D eigenvalue weighted by Crippen LogP contribution is -1.98. The van der Waals surface area contributed by atoms with Gasteiger partial charge in [-0.05, 0) is 53.2 Å². The van der Waals surface area contributed by atoms with Crippen molar-refractivity contribution in [2.45, 2.75) is 6.92 Å². The van der Waals surface area contributed by atoms with Crippen LogP contribution in [0.3, 0.4) is 0 Å². The van der Waals surface area contributed by atoms with Crippen LogP contribution in [0.15, 0.2) is 40.9 Å². The first-order valence-corrected chi connectivity index (χ1v) is 7.55. The molecule has 0 amide bonds. The lowest BCUT2D eigenvalue weighted by molar-refractivity contribution is -0.383. The highest BCUT2D eigenvalue weighted by atomic mass is 79.9. The minimum absolute atomic E-state index is 0.0246. The highest BCUT2D eigenvalue weighted by Gasteiger charge is 2.25. The number of ether oxygens (including phenoxy) is 1. The van der Waals surface area contributed by atoms with Crippen molar-refractivity contribution >= 4 is 32.5 Å². The van der Waals surface area contributed by atoms with Gasteiger partial charge in [-0.15, -0.1) is 0 Å². The Hall–Kier alpha value is -2.54. The van der Waals surface area contributed by atoms with Crippen LogP contribution in [0.5, 0.6) is 11.5 Å². The van der Waals surface area contributed by atoms with Crippen molar-refractivity contribution in [1.82, 2.24) is 4.57 Å². The normalized spacial score (nSPS) is 10.9. The Bertz CT molecular complexity index is 916. The molecule has 2 aromatic carbocycles. The van der Waals surface area contributed by atoms with Gasteiger partial charge in [0.2, 0.25) is 0 Å². The molecule has 0 fully saturated rings. The third-order valence-electron chi connectivity index (χ3n) is 3.75. The zero-order valence-electron chi connectivity index (χ0n) is 12.4. The number of phenolic OH excluding ortho intramolecular Hbond substituents is 1. The summed E-state index contributed by atoms with van der Waals surface area (Å²) in [4.78, 5) is 11.1. The fraction of sp³-hybridized carbons (Fsp3) is 0.125. The van der Waals surface area contributed by atoms with Crippen LogP contribution in [0.2, 0.25) is 0 Å². The van der Waals surface area contributed by atoms with Gasteiger partial charge >= 0.3 is 0 Å². The van der Waals surface area contributed by atoms with Crippen LogP contribution in [0, 0.1) is 17.0 Å². The van der Waals surface area contributed by atoms with E-state index in [4.69, 9.17) is 4.74 Å². The smallest absolute Gasteiger partial charge is 0.298 e. The molecule has 0 aliphatic rings. The average Bonchev–Trinajstić information content (AvgIpc) is 2.79. The first-order valence-electron chi connectivity index (χ1n) is 6.76. The maximum atomic E-state index is 11.5. The molecule has 1 aromatic heterocycles. The summed E-state index contributed by atoms with van der Waals surface area (Å²) >= 11 is 3.21. The van der Waals surface area contributed by atoms with Gasteiger partial charge in [-0.1, -0.05) is 0 Å². The number of rotatable bonds is 3. The van der Waals surface area contributed by atoms with Gasteiger partial charge in [-0.3, -0.25) is 10.1 Å². The molecule has 0 spiro atoms. The lowest BCUT2D eigenvalue weighted by Gasteiger charge is -2.09. The van der Waals surface area contributed by atoms with Crippen molar-refractivity contribution in [1.29, 1.82) is 0 Å². The minimum atomic E-state index is -0.402. The quantitative estimate of drug-likeness (QED) is 0.545. The van der Waals surface area contributed by atoms with Gasteiger partial charge in [0.25, 0.3) is 5.69 Å². The van der Waals surface area contributed by atoms with E-state index in [9.17, 15) is 15.2 Å². The molecule has 6 nitrogen and oxygen atoms in total. The Labute approximate surface area is 140 Å². The monoisotopic (exact) mass is 376 g/mol. The molecule has 7 heteroatoms. The average molecular weight is 377 g/mol. The summed E-state index contributed by atoms with van der Waals surface area (Å²) in [5, 5.41) is 21.9. The maximum Gasteiger partial charge on any atom is 0.298 e. The molecule has 0 unspecified atom stereocenters. The Balaban J connectivity index is 2.37. The summed E-state index contributed by atoms with van der Waals surface area (Å²) in [6.07, 6.45) is 0. The van der Waals surface area contributed by atoms with E-state index in [2.05, 4.69) is 15.9 Å². The standard InChI is InChI=1S/C16H13BrN2O4/c1-9-16(19(21)22)12-7-13(17)15(20)8-14(12)18(9)10-3-5-11(23-2)6-4-10/h3-8,20H,1-2H3. The molecule has 23 heavy (non-hydrogen) atoms. The molecular formula is C16H13BrN2O4. The third kappa shape index (κ3) is 2.43. The van der Waals surface area contributed by atoms with E-state index >= 15 is 0 Å². The Morgan fingerprint density at radius 3 is 2.48 bits per heavy atom. The summed E-state index contributed by atoms with van der Waals surface area (Å²) in [5.41, 5.74) is 1.84. The number of methoxy groups -OCH3 is 1. The lowest BCUT2D eigenvalue weighted by atomic mass is 10.2. The maximum absolute atomic E-state index is 11.5. The van der Waals surface area contributed by atoms with Crippen molar-refractivity contribution in [2.24, 2.45) is 0 Å². The summed E-state index contributed by atoms with van der Waals surface area (Å²) in [6.45, 7) is 1.69. The highest BCUT2D eigenvalue weighted by Crippen LogP contribution is 2.39. The van der Waals surface area contributed by atoms with Crippen LogP contribution >= 0.6 is 15.9 Å². The molecule has 1 heterocycles. The summed E-state index contributed by atoms with van der Waals surface area (Å²) in [5.74, 6) is 0.725. The number of hydrogen-bond donors (Lipinski definition) is 1. The zero-order valence-corrected chi connectivity index (χ0v) is 14.0. The largest absolute Gasteiger partial charge is 0.507 e. The molecule has 0 saturated carbocycles. The van der Waals surface area contributed by atoms with Gasteiger partial charge < -0.3 is 14.4 Å². The first-order chi connectivity index (χ1) is 10.9. The van der Waals surface area contributed by atoms with Gasteiger partial charge in [0, 0.05) is 11.8 Å². The van der Waals surface area contributed by atoms with Crippen LogP contribution < -0.4 is 4.74 Å².